The Bertz CT molecular complexity index is 1300. The molecule has 3 aromatic rings. The number of hydrogen-bond acceptors (Lipinski definition) is 5. The van der Waals surface area contributed by atoms with E-state index in [0.29, 0.717) is 40.2 Å². The molecular weight excluding hydrogens is 524 g/mol. The zero-order valence-electron chi connectivity index (χ0n) is 19.1. The highest BCUT2D eigenvalue weighted by Gasteiger charge is 2.33. The Balaban J connectivity index is 1.71. The number of ether oxygens (including phenoxy) is 2. The van der Waals surface area contributed by atoms with Gasteiger partial charge in [0.1, 0.15) is 6.61 Å². The minimum Gasteiger partial charge on any atom is -0.493 e. The van der Waals surface area contributed by atoms with Gasteiger partial charge in [-0.25, -0.2) is 0 Å². The predicted molar refractivity (Wildman–Crippen MR) is 145 cm³/mol. The molecule has 176 valence electrons. The highest BCUT2D eigenvalue weighted by atomic mass is 79.9. The van der Waals surface area contributed by atoms with E-state index >= 15 is 0 Å². The average Bonchev–Trinajstić information content (AvgIpc) is 3.17. The zero-order chi connectivity index (χ0) is 24.6. The van der Waals surface area contributed by atoms with Crippen molar-refractivity contribution in [3.63, 3.8) is 0 Å². The van der Waals surface area contributed by atoms with Crippen molar-refractivity contribution in [3.8, 4) is 23.8 Å². The maximum atomic E-state index is 13.5. The number of thioether (sulfide) groups is 1. The van der Waals surface area contributed by atoms with Crippen LogP contribution in [0.4, 0.5) is 0 Å². The lowest BCUT2D eigenvalue weighted by molar-refractivity contribution is -0.122. The number of amidine groups is 1. The number of aliphatic imine (C=N–C) groups is 1. The van der Waals surface area contributed by atoms with Gasteiger partial charge in [-0.3, -0.25) is 14.7 Å². The summed E-state index contributed by atoms with van der Waals surface area (Å²) in [4.78, 5) is 20.6. The third kappa shape index (κ3) is 6.16. The van der Waals surface area contributed by atoms with Crippen LogP contribution in [0.3, 0.4) is 0 Å². The van der Waals surface area contributed by atoms with E-state index in [1.807, 2.05) is 66.7 Å². The molecule has 1 amide bonds. The second-order valence-corrected chi connectivity index (χ2v) is 9.52. The summed E-state index contributed by atoms with van der Waals surface area (Å²) < 4.78 is 12.1. The van der Waals surface area contributed by atoms with Crippen molar-refractivity contribution in [3.05, 3.63) is 98.9 Å². The zero-order valence-corrected chi connectivity index (χ0v) is 21.5. The first-order valence-corrected chi connectivity index (χ1v) is 12.5. The molecule has 4 rings (SSSR count). The molecule has 1 aliphatic rings. The summed E-state index contributed by atoms with van der Waals surface area (Å²) in [5, 5.41) is 0.655. The largest absolute Gasteiger partial charge is 0.493 e. The number of hydrogen-bond donors (Lipinski definition) is 0. The van der Waals surface area contributed by atoms with Gasteiger partial charge in [-0.15, -0.1) is 6.42 Å². The van der Waals surface area contributed by atoms with Gasteiger partial charge in [0.05, 0.1) is 25.1 Å². The maximum Gasteiger partial charge on any atom is 0.267 e. The fourth-order valence-electron chi connectivity index (χ4n) is 3.53. The Morgan fingerprint density at radius 2 is 1.77 bits per heavy atom. The summed E-state index contributed by atoms with van der Waals surface area (Å²) in [5.74, 6) is 3.37. The van der Waals surface area contributed by atoms with Gasteiger partial charge >= 0.3 is 0 Å². The number of nitrogens with zero attached hydrogens (tertiary/aromatic N) is 2. The molecule has 1 saturated heterocycles. The van der Waals surface area contributed by atoms with Gasteiger partial charge in [-0.05, 0) is 41.1 Å². The number of benzene rings is 3. The molecule has 0 unspecified atom stereocenters. The third-order valence-electron chi connectivity index (χ3n) is 5.17. The highest BCUT2D eigenvalue weighted by molar-refractivity contribution is 9.10. The molecule has 0 spiro atoms. The van der Waals surface area contributed by atoms with Gasteiger partial charge in [0.2, 0.25) is 0 Å². The van der Waals surface area contributed by atoms with Crippen LogP contribution in [0.25, 0.3) is 6.08 Å². The number of terminal acetylenes is 1. The molecule has 7 heteroatoms. The van der Waals surface area contributed by atoms with Crippen molar-refractivity contribution in [1.29, 1.82) is 0 Å². The number of methoxy groups -OCH3 is 1. The van der Waals surface area contributed by atoms with E-state index in [4.69, 9.17) is 20.9 Å². The van der Waals surface area contributed by atoms with Crippen LogP contribution in [0, 0.1) is 12.3 Å². The molecule has 1 heterocycles. The van der Waals surface area contributed by atoms with Gasteiger partial charge in [0.25, 0.3) is 5.91 Å². The van der Waals surface area contributed by atoms with Crippen molar-refractivity contribution in [2.75, 3.05) is 13.7 Å². The lowest BCUT2D eigenvalue weighted by Crippen LogP contribution is -2.28. The van der Waals surface area contributed by atoms with Crippen LogP contribution in [0.15, 0.2) is 87.2 Å². The monoisotopic (exact) mass is 546 g/mol. The molecule has 0 radical (unpaired) electrons. The summed E-state index contributed by atoms with van der Waals surface area (Å²) in [5.41, 5.74) is 2.79. The van der Waals surface area contributed by atoms with Crippen molar-refractivity contribution < 1.29 is 14.3 Å². The first-order chi connectivity index (χ1) is 17.1. The fourth-order valence-corrected chi connectivity index (χ4v) is 4.95. The van der Waals surface area contributed by atoms with Crippen LogP contribution >= 0.6 is 27.7 Å². The van der Waals surface area contributed by atoms with E-state index in [0.717, 1.165) is 15.6 Å². The molecule has 0 atom stereocenters. The van der Waals surface area contributed by atoms with Gasteiger partial charge in [0.15, 0.2) is 16.7 Å². The number of halogens is 1. The maximum absolute atomic E-state index is 13.5. The summed E-state index contributed by atoms with van der Waals surface area (Å²) in [6.07, 6.45) is 7.20. The third-order valence-corrected chi connectivity index (χ3v) is 6.67. The summed E-state index contributed by atoms with van der Waals surface area (Å²) in [6, 6.07) is 23.5. The summed E-state index contributed by atoms with van der Waals surface area (Å²) >= 11 is 4.86. The molecule has 0 aliphatic carbocycles. The molecule has 35 heavy (non-hydrogen) atoms. The first-order valence-electron chi connectivity index (χ1n) is 10.9. The van der Waals surface area contributed by atoms with Crippen LogP contribution in [-0.2, 0) is 17.9 Å². The Kier molecular flexibility index (Phi) is 8.30. The Hall–Kier alpha value is -3.47. The molecule has 0 saturated carbocycles. The molecule has 0 bridgehead atoms. The summed E-state index contributed by atoms with van der Waals surface area (Å²) in [7, 11) is 1.56. The van der Waals surface area contributed by atoms with E-state index < -0.39 is 0 Å². The Labute approximate surface area is 218 Å². The second-order valence-electron chi connectivity index (χ2n) is 7.59. The predicted octanol–water partition coefficient (Wildman–Crippen LogP) is 6.14. The topological polar surface area (TPSA) is 51.1 Å². The number of amides is 1. The van der Waals surface area contributed by atoms with Crippen LogP contribution < -0.4 is 9.47 Å². The quantitative estimate of drug-likeness (QED) is 0.251. The van der Waals surface area contributed by atoms with Gasteiger partial charge in [0, 0.05) is 10.0 Å². The highest BCUT2D eigenvalue weighted by Crippen LogP contribution is 2.40. The SMILES string of the molecule is C#CCOc1c(/C=C2/SC(=NCc3ccccc3)N(Cc3ccccc3)C2=O)cc(Br)cc1OC. The van der Waals surface area contributed by atoms with E-state index in [1.54, 1.807) is 24.2 Å². The number of rotatable bonds is 8. The van der Waals surface area contributed by atoms with E-state index in [-0.39, 0.29) is 12.5 Å². The van der Waals surface area contributed by atoms with Crippen LogP contribution in [0.2, 0.25) is 0 Å². The first kappa shape index (κ1) is 24.6. The Morgan fingerprint density at radius 3 is 2.43 bits per heavy atom. The minimum atomic E-state index is -0.118. The van der Waals surface area contributed by atoms with Crippen LogP contribution in [-0.4, -0.2) is 29.7 Å². The van der Waals surface area contributed by atoms with Gasteiger partial charge in [-0.1, -0.05) is 82.5 Å². The van der Waals surface area contributed by atoms with Crippen molar-refractivity contribution >= 4 is 44.8 Å². The molecule has 3 aromatic carbocycles. The average molecular weight is 547 g/mol. The van der Waals surface area contributed by atoms with Crippen LogP contribution in [0.1, 0.15) is 16.7 Å². The van der Waals surface area contributed by atoms with E-state index in [9.17, 15) is 4.79 Å². The molecule has 0 N–H and O–H groups in total. The Morgan fingerprint density at radius 1 is 1.09 bits per heavy atom. The number of carbonyl (C=O) groups excluding carboxylic acids is 1. The lowest BCUT2D eigenvalue weighted by Gasteiger charge is -2.16. The van der Waals surface area contributed by atoms with Gasteiger partial charge < -0.3 is 9.47 Å². The van der Waals surface area contributed by atoms with Crippen LogP contribution in [0.5, 0.6) is 11.5 Å². The normalized spacial score (nSPS) is 15.5. The summed E-state index contributed by atoms with van der Waals surface area (Å²) in [6.45, 7) is 0.995. The number of carbonyl (C=O) groups is 1. The molecule has 0 aromatic heterocycles. The van der Waals surface area contributed by atoms with Gasteiger partial charge in [-0.2, -0.15) is 0 Å². The lowest BCUT2D eigenvalue weighted by atomic mass is 10.1. The smallest absolute Gasteiger partial charge is 0.267 e. The fraction of sp³-hybridized carbons (Fsp3) is 0.143. The van der Waals surface area contributed by atoms with Crippen molar-refractivity contribution in [2.45, 2.75) is 13.1 Å². The minimum absolute atomic E-state index is 0.0825. The molecule has 5 nitrogen and oxygen atoms in total. The van der Waals surface area contributed by atoms with E-state index in [2.05, 4.69) is 21.9 Å². The standard InChI is InChI=1S/C28H23BrN2O3S/c1-3-14-34-26-22(15-23(29)17-24(26)33-2)16-25-27(32)31(19-21-12-8-5-9-13-21)28(35-25)30-18-20-10-6-4-7-11-20/h1,4-13,15-17H,14,18-19H2,2H3/b25-16+,30-28?. The van der Waals surface area contributed by atoms with Crippen molar-refractivity contribution in [1.82, 2.24) is 4.90 Å². The molecule has 1 aliphatic heterocycles. The van der Waals surface area contributed by atoms with E-state index in [1.165, 1.54) is 11.8 Å². The second kappa shape index (κ2) is 11.8. The van der Waals surface area contributed by atoms with Crippen molar-refractivity contribution in [2.24, 2.45) is 4.99 Å². The molecular formula is C28H23BrN2O3S. The molecule has 1 fully saturated rings.